The molecule has 0 aliphatic rings. The van der Waals surface area contributed by atoms with Crippen LogP contribution in [0.4, 0.5) is 0 Å². The van der Waals surface area contributed by atoms with Gasteiger partial charge >= 0.3 is 11.7 Å². The number of imidazole rings is 1. The van der Waals surface area contributed by atoms with E-state index in [4.69, 9.17) is 5.11 Å². The van der Waals surface area contributed by atoms with Gasteiger partial charge < -0.3 is 5.11 Å². The highest BCUT2D eigenvalue weighted by Gasteiger charge is 2.06. The number of aromatic nitrogens is 2. The van der Waals surface area contributed by atoms with Gasteiger partial charge in [0.25, 0.3) is 0 Å². The van der Waals surface area contributed by atoms with Gasteiger partial charge in [-0.1, -0.05) is 0 Å². The Kier molecular flexibility index (Phi) is 2.82. The molecule has 1 aromatic carbocycles. The fourth-order valence-electron chi connectivity index (χ4n) is 1.61. The van der Waals surface area contributed by atoms with Crippen LogP contribution < -0.4 is 5.69 Å². The lowest BCUT2D eigenvalue weighted by atomic mass is 10.2. The molecule has 5 heteroatoms. The molecule has 0 saturated heterocycles. The molecule has 0 bridgehead atoms. The number of nitrogens with zero attached hydrogens (tertiary/aromatic N) is 2. The molecular formula is C12H12N2O3. The van der Waals surface area contributed by atoms with Crippen molar-refractivity contribution in [3.05, 3.63) is 52.7 Å². The van der Waals surface area contributed by atoms with Gasteiger partial charge in [0.1, 0.15) is 0 Å². The Hall–Kier alpha value is -2.30. The zero-order valence-corrected chi connectivity index (χ0v) is 9.33. The average molecular weight is 232 g/mol. The van der Waals surface area contributed by atoms with Gasteiger partial charge in [-0.2, -0.15) is 0 Å². The Morgan fingerprint density at radius 1 is 1.24 bits per heavy atom. The standard InChI is InChI=1S/C12H12N2O3/c1-2-13-7-8-14(12(13)17)10-5-3-9(4-6-10)11(15)16/h3-8H,2H2,1H3,(H,15,16). The number of hydrogen-bond donors (Lipinski definition) is 1. The minimum atomic E-state index is -0.977. The molecule has 0 fully saturated rings. The largest absolute Gasteiger partial charge is 0.478 e. The summed E-state index contributed by atoms with van der Waals surface area (Å²) in [6.07, 6.45) is 3.37. The SMILES string of the molecule is CCn1ccn(-c2ccc(C(=O)O)cc2)c1=O. The third-order valence-electron chi connectivity index (χ3n) is 2.58. The number of aryl methyl sites for hydroxylation is 1. The lowest BCUT2D eigenvalue weighted by Gasteiger charge is -2.01. The van der Waals surface area contributed by atoms with Crippen LogP contribution in [0.25, 0.3) is 5.69 Å². The molecule has 0 radical (unpaired) electrons. The van der Waals surface area contributed by atoms with Crippen molar-refractivity contribution in [2.24, 2.45) is 0 Å². The summed E-state index contributed by atoms with van der Waals surface area (Å²) in [4.78, 5) is 22.5. The smallest absolute Gasteiger partial charge is 0.335 e. The second-order valence-corrected chi connectivity index (χ2v) is 3.59. The van der Waals surface area contributed by atoms with Crippen LogP contribution in [0.1, 0.15) is 17.3 Å². The third-order valence-corrected chi connectivity index (χ3v) is 2.58. The number of carboxylic acid groups (broad SMARTS) is 1. The van der Waals surface area contributed by atoms with Crippen molar-refractivity contribution < 1.29 is 9.90 Å². The van der Waals surface area contributed by atoms with Gasteiger partial charge in [-0.3, -0.25) is 9.13 Å². The number of aromatic carboxylic acids is 1. The Bertz CT molecular complexity index is 593. The average Bonchev–Trinajstić information content (AvgIpc) is 2.70. The summed E-state index contributed by atoms with van der Waals surface area (Å²) in [6.45, 7) is 2.50. The summed E-state index contributed by atoms with van der Waals surface area (Å²) < 4.78 is 3.06. The van der Waals surface area contributed by atoms with Crippen molar-refractivity contribution in [1.29, 1.82) is 0 Å². The highest BCUT2D eigenvalue weighted by molar-refractivity contribution is 5.87. The first kappa shape index (κ1) is 11.2. The topological polar surface area (TPSA) is 64.2 Å². The first-order valence-corrected chi connectivity index (χ1v) is 5.25. The first-order valence-electron chi connectivity index (χ1n) is 5.25. The maximum Gasteiger partial charge on any atom is 0.335 e. The van der Waals surface area contributed by atoms with Gasteiger partial charge in [-0.25, -0.2) is 9.59 Å². The van der Waals surface area contributed by atoms with E-state index in [1.165, 1.54) is 16.7 Å². The second kappa shape index (κ2) is 4.29. The zero-order chi connectivity index (χ0) is 12.4. The predicted molar refractivity (Wildman–Crippen MR) is 62.7 cm³/mol. The molecular weight excluding hydrogens is 220 g/mol. The van der Waals surface area contributed by atoms with Crippen LogP contribution in [-0.4, -0.2) is 20.2 Å². The molecule has 0 aliphatic carbocycles. The van der Waals surface area contributed by atoms with E-state index in [9.17, 15) is 9.59 Å². The van der Waals surface area contributed by atoms with Crippen molar-refractivity contribution in [1.82, 2.24) is 9.13 Å². The van der Waals surface area contributed by atoms with Gasteiger partial charge in [0.15, 0.2) is 0 Å². The normalized spacial score (nSPS) is 10.4. The number of hydrogen-bond acceptors (Lipinski definition) is 2. The van der Waals surface area contributed by atoms with Crippen LogP contribution in [-0.2, 0) is 6.54 Å². The van der Waals surface area contributed by atoms with Crippen LogP contribution in [0.2, 0.25) is 0 Å². The summed E-state index contributed by atoms with van der Waals surface area (Å²) in [5.41, 5.74) is 0.736. The molecule has 0 aliphatic heterocycles. The van der Waals surface area contributed by atoms with Crippen LogP contribution in [0.15, 0.2) is 41.5 Å². The molecule has 88 valence electrons. The predicted octanol–water partition coefficient (Wildman–Crippen LogP) is 1.36. The van der Waals surface area contributed by atoms with Crippen molar-refractivity contribution >= 4 is 5.97 Å². The van der Waals surface area contributed by atoms with E-state index in [-0.39, 0.29) is 11.3 Å². The first-order chi connectivity index (χ1) is 8.13. The molecule has 2 aromatic rings. The van der Waals surface area contributed by atoms with Crippen LogP contribution >= 0.6 is 0 Å². The van der Waals surface area contributed by atoms with E-state index in [1.54, 1.807) is 29.1 Å². The molecule has 0 atom stereocenters. The zero-order valence-electron chi connectivity index (χ0n) is 9.33. The highest BCUT2D eigenvalue weighted by atomic mass is 16.4. The lowest BCUT2D eigenvalue weighted by Crippen LogP contribution is -2.22. The summed E-state index contributed by atoms with van der Waals surface area (Å²) in [5.74, 6) is -0.977. The Morgan fingerprint density at radius 2 is 1.88 bits per heavy atom. The minimum absolute atomic E-state index is 0.129. The van der Waals surface area contributed by atoms with Gasteiger partial charge in [0.05, 0.1) is 11.3 Å². The Balaban J connectivity index is 2.43. The van der Waals surface area contributed by atoms with Gasteiger partial charge in [0, 0.05) is 18.9 Å². The molecule has 0 unspecified atom stereocenters. The van der Waals surface area contributed by atoms with E-state index < -0.39 is 5.97 Å². The van der Waals surface area contributed by atoms with E-state index in [0.717, 1.165) is 0 Å². The molecule has 5 nitrogen and oxygen atoms in total. The van der Waals surface area contributed by atoms with Crippen LogP contribution in [0, 0.1) is 0 Å². The number of carbonyl (C=O) groups is 1. The quantitative estimate of drug-likeness (QED) is 0.868. The van der Waals surface area contributed by atoms with Crippen LogP contribution in [0.3, 0.4) is 0 Å². The number of benzene rings is 1. The Morgan fingerprint density at radius 3 is 2.35 bits per heavy atom. The summed E-state index contributed by atoms with van der Waals surface area (Å²) in [6, 6.07) is 6.19. The summed E-state index contributed by atoms with van der Waals surface area (Å²) in [7, 11) is 0. The summed E-state index contributed by atoms with van der Waals surface area (Å²) in [5, 5.41) is 8.77. The van der Waals surface area contributed by atoms with Crippen LogP contribution in [0.5, 0.6) is 0 Å². The van der Waals surface area contributed by atoms with Crippen molar-refractivity contribution in [3.8, 4) is 5.69 Å². The van der Waals surface area contributed by atoms with Crippen molar-refractivity contribution in [2.45, 2.75) is 13.5 Å². The van der Waals surface area contributed by atoms with Gasteiger partial charge in [-0.15, -0.1) is 0 Å². The number of rotatable bonds is 3. The second-order valence-electron chi connectivity index (χ2n) is 3.59. The fourth-order valence-corrected chi connectivity index (χ4v) is 1.61. The van der Waals surface area contributed by atoms with Crippen molar-refractivity contribution in [3.63, 3.8) is 0 Å². The van der Waals surface area contributed by atoms with Gasteiger partial charge in [0.2, 0.25) is 0 Å². The molecule has 1 aromatic heterocycles. The molecule has 0 spiro atoms. The fraction of sp³-hybridized carbons (Fsp3) is 0.167. The van der Waals surface area contributed by atoms with E-state index in [2.05, 4.69) is 0 Å². The third kappa shape index (κ3) is 1.99. The maximum absolute atomic E-state index is 11.8. The Labute approximate surface area is 97.5 Å². The van der Waals surface area contributed by atoms with Gasteiger partial charge in [-0.05, 0) is 31.2 Å². The maximum atomic E-state index is 11.8. The molecule has 17 heavy (non-hydrogen) atoms. The molecule has 1 N–H and O–H groups in total. The number of carboxylic acids is 1. The monoisotopic (exact) mass is 232 g/mol. The van der Waals surface area contributed by atoms with E-state index in [1.807, 2.05) is 6.92 Å². The lowest BCUT2D eigenvalue weighted by molar-refractivity contribution is 0.0697. The molecule has 0 amide bonds. The van der Waals surface area contributed by atoms with E-state index >= 15 is 0 Å². The molecule has 0 saturated carbocycles. The minimum Gasteiger partial charge on any atom is -0.478 e. The summed E-state index contributed by atoms with van der Waals surface area (Å²) >= 11 is 0. The molecule has 1 heterocycles. The van der Waals surface area contributed by atoms with Crippen molar-refractivity contribution in [2.75, 3.05) is 0 Å². The highest BCUT2D eigenvalue weighted by Crippen LogP contribution is 2.07. The molecule has 2 rings (SSSR count). The van der Waals surface area contributed by atoms with E-state index in [0.29, 0.717) is 12.2 Å².